The average Bonchev–Trinajstić information content (AvgIpc) is 2.31. The highest BCUT2D eigenvalue weighted by molar-refractivity contribution is 5.91. The highest BCUT2D eigenvalue weighted by Gasteiger charge is 2.04. The van der Waals surface area contributed by atoms with Gasteiger partial charge in [0.25, 0.3) is 0 Å². The largest absolute Gasteiger partial charge is 0.478 e. The Hall–Kier alpha value is -1.88. The van der Waals surface area contributed by atoms with Gasteiger partial charge >= 0.3 is 11.9 Å². The Balaban J connectivity index is 0.000000437. The molecule has 0 saturated carbocycles. The molecule has 0 aromatic heterocycles. The van der Waals surface area contributed by atoms with Crippen LogP contribution < -0.4 is 0 Å². The number of rotatable bonds is 4. The molecule has 0 bridgehead atoms. The zero-order chi connectivity index (χ0) is 13.3. The first-order valence-electron chi connectivity index (χ1n) is 5.20. The van der Waals surface area contributed by atoms with Crippen LogP contribution in [0.2, 0.25) is 0 Å². The number of aliphatic hydroxyl groups is 1. The number of hydrogen-bond acceptors (Lipinski definition) is 3. The topological polar surface area (TPSA) is 94.8 Å². The quantitative estimate of drug-likeness (QED) is 0.746. The van der Waals surface area contributed by atoms with Gasteiger partial charge in [-0.1, -0.05) is 13.3 Å². The van der Waals surface area contributed by atoms with Crippen LogP contribution in [0.4, 0.5) is 0 Å². The van der Waals surface area contributed by atoms with E-state index in [1.807, 2.05) is 0 Å². The van der Waals surface area contributed by atoms with Crippen LogP contribution in [0.1, 0.15) is 40.5 Å². The van der Waals surface area contributed by atoms with Crippen molar-refractivity contribution in [3.63, 3.8) is 0 Å². The summed E-state index contributed by atoms with van der Waals surface area (Å²) in [5.74, 6) is -2.13. The Kier molecular flexibility index (Phi) is 7.38. The molecule has 5 nitrogen and oxygen atoms in total. The molecular weight excluding hydrogens is 224 g/mol. The zero-order valence-electron chi connectivity index (χ0n) is 9.59. The maximum absolute atomic E-state index is 10.3. The fourth-order valence-electron chi connectivity index (χ4n) is 0.913. The van der Waals surface area contributed by atoms with Gasteiger partial charge in [0.15, 0.2) is 0 Å². The van der Waals surface area contributed by atoms with Crippen LogP contribution >= 0.6 is 0 Å². The summed E-state index contributed by atoms with van der Waals surface area (Å²) in [6.07, 6.45) is 2.04. The van der Waals surface area contributed by atoms with Crippen molar-refractivity contribution >= 4 is 11.9 Å². The van der Waals surface area contributed by atoms with Gasteiger partial charge in [0.2, 0.25) is 0 Å². The molecule has 0 fully saturated rings. The summed E-state index contributed by atoms with van der Waals surface area (Å²) in [5.41, 5.74) is 0.167. The van der Waals surface area contributed by atoms with E-state index in [9.17, 15) is 9.59 Å². The summed E-state index contributed by atoms with van der Waals surface area (Å²) in [6, 6.07) is 5.02. The van der Waals surface area contributed by atoms with Crippen molar-refractivity contribution in [2.75, 3.05) is 6.61 Å². The molecular formula is C12H16O5. The number of unbranched alkanes of at least 4 members (excludes halogenated alkanes) is 1. The average molecular weight is 240 g/mol. The normalized spacial score (nSPS) is 9.06. The molecule has 0 heterocycles. The molecule has 0 amide bonds. The van der Waals surface area contributed by atoms with Crippen LogP contribution in [0.25, 0.3) is 0 Å². The molecule has 0 aliphatic heterocycles. The van der Waals surface area contributed by atoms with Gasteiger partial charge in [-0.05, 0) is 30.7 Å². The molecule has 0 aliphatic rings. The van der Waals surface area contributed by atoms with E-state index in [1.165, 1.54) is 24.3 Å². The first kappa shape index (κ1) is 15.1. The van der Waals surface area contributed by atoms with Crippen molar-refractivity contribution in [1.82, 2.24) is 0 Å². The van der Waals surface area contributed by atoms with E-state index in [0.717, 1.165) is 12.8 Å². The number of aliphatic hydroxyl groups excluding tert-OH is 1. The number of aromatic carboxylic acids is 2. The third-order valence-corrected chi connectivity index (χ3v) is 1.89. The van der Waals surface area contributed by atoms with Crippen LogP contribution in [-0.2, 0) is 0 Å². The van der Waals surface area contributed by atoms with Crippen molar-refractivity contribution in [3.8, 4) is 0 Å². The van der Waals surface area contributed by atoms with Crippen LogP contribution in [0.15, 0.2) is 24.3 Å². The van der Waals surface area contributed by atoms with Crippen LogP contribution in [0, 0.1) is 0 Å². The Morgan fingerprint density at radius 2 is 1.35 bits per heavy atom. The monoisotopic (exact) mass is 240 g/mol. The van der Waals surface area contributed by atoms with Crippen molar-refractivity contribution < 1.29 is 24.9 Å². The summed E-state index contributed by atoms with van der Waals surface area (Å²) in [4.78, 5) is 20.7. The fraction of sp³-hybridized carbons (Fsp3) is 0.333. The third kappa shape index (κ3) is 6.32. The van der Waals surface area contributed by atoms with E-state index >= 15 is 0 Å². The van der Waals surface area contributed by atoms with E-state index in [0.29, 0.717) is 6.61 Å². The highest BCUT2D eigenvalue weighted by atomic mass is 16.4. The molecule has 0 aliphatic carbocycles. The zero-order valence-corrected chi connectivity index (χ0v) is 9.59. The highest BCUT2D eigenvalue weighted by Crippen LogP contribution is 2.03. The maximum atomic E-state index is 10.3. The van der Waals surface area contributed by atoms with Crippen LogP contribution in [0.3, 0.4) is 0 Å². The van der Waals surface area contributed by atoms with Crippen LogP contribution in [0.5, 0.6) is 0 Å². The van der Waals surface area contributed by atoms with Crippen molar-refractivity contribution in [2.45, 2.75) is 19.8 Å². The van der Waals surface area contributed by atoms with E-state index in [4.69, 9.17) is 15.3 Å². The lowest BCUT2D eigenvalue weighted by Crippen LogP contribution is -1.99. The predicted octanol–water partition coefficient (Wildman–Crippen LogP) is 1.86. The Labute approximate surface area is 99.3 Å². The standard InChI is InChI=1S/C8H6O4.C4H10O/c9-7(10)5-1-2-6(4-3-5)8(11)12;1-2-3-4-5/h1-4H,(H,9,10)(H,11,12);5H,2-4H2,1H3. The van der Waals surface area contributed by atoms with Crippen LogP contribution in [-0.4, -0.2) is 33.9 Å². The molecule has 0 spiro atoms. The summed E-state index contributed by atoms with van der Waals surface area (Å²) >= 11 is 0. The van der Waals surface area contributed by atoms with Gasteiger partial charge in [0.1, 0.15) is 0 Å². The SMILES string of the molecule is CCCCO.O=C(O)c1ccc(C(=O)O)cc1. The van der Waals surface area contributed by atoms with Gasteiger partial charge in [-0.15, -0.1) is 0 Å². The molecule has 0 unspecified atom stereocenters. The van der Waals surface area contributed by atoms with E-state index < -0.39 is 11.9 Å². The number of hydrogen-bond donors (Lipinski definition) is 3. The molecule has 0 atom stereocenters. The lowest BCUT2D eigenvalue weighted by Gasteiger charge is -1.94. The first-order chi connectivity index (χ1) is 8.02. The minimum atomic E-state index is -1.06. The number of benzene rings is 1. The molecule has 1 rings (SSSR count). The van der Waals surface area contributed by atoms with Gasteiger partial charge in [0.05, 0.1) is 11.1 Å². The van der Waals surface area contributed by atoms with E-state index in [1.54, 1.807) is 0 Å². The Morgan fingerprint density at radius 1 is 1.00 bits per heavy atom. The summed E-state index contributed by atoms with van der Waals surface area (Å²) in [5, 5.41) is 25.0. The number of carboxylic acids is 2. The van der Waals surface area contributed by atoms with Crippen molar-refractivity contribution in [3.05, 3.63) is 35.4 Å². The summed E-state index contributed by atoms with van der Waals surface area (Å²) < 4.78 is 0. The lowest BCUT2D eigenvalue weighted by atomic mass is 10.1. The second-order valence-electron chi connectivity index (χ2n) is 3.26. The van der Waals surface area contributed by atoms with Crippen molar-refractivity contribution in [1.29, 1.82) is 0 Å². The third-order valence-electron chi connectivity index (χ3n) is 1.89. The molecule has 3 N–H and O–H groups in total. The lowest BCUT2D eigenvalue weighted by molar-refractivity contribution is 0.0681. The molecule has 17 heavy (non-hydrogen) atoms. The molecule has 1 aromatic carbocycles. The predicted molar refractivity (Wildman–Crippen MR) is 62.4 cm³/mol. The second kappa shape index (κ2) is 8.29. The van der Waals surface area contributed by atoms with Gasteiger partial charge < -0.3 is 15.3 Å². The first-order valence-corrected chi connectivity index (χ1v) is 5.20. The molecule has 0 saturated heterocycles. The molecule has 5 heteroatoms. The molecule has 1 aromatic rings. The van der Waals surface area contributed by atoms with E-state index in [-0.39, 0.29) is 11.1 Å². The van der Waals surface area contributed by atoms with E-state index in [2.05, 4.69) is 6.92 Å². The number of carboxylic acid groups (broad SMARTS) is 2. The maximum Gasteiger partial charge on any atom is 0.335 e. The number of carbonyl (C=O) groups is 2. The Morgan fingerprint density at radius 3 is 1.47 bits per heavy atom. The van der Waals surface area contributed by atoms with Crippen molar-refractivity contribution in [2.24, 2.45) is 0 Å². The smallest absolute Gasteiger partial charge is 0.335 e. The summed E-state index contributed by atoms with van der Waals surface area (Å²) in [6.45, 7) is 2.40. The summed E-state index contributed by atoms with van der Waals surface area (Å²) in [7, 11) is 0. The molecule has 0 radical (unpaired) electrons. The van der Waals surface area contributed by atoms with Gasteiger partial charge in [0, 0.05) is 6.61 Å². The van der Waals surface area contributed by atoms with Gasteiger partial charge in [-0.25, -0.2) is 9.59 Å². The Bertz CT molecular complexity index is 321. The van der Waals surface area contributed by atoms with Gasteiger partial charge in [-0.2, -0.15) is 0 Å². The van der Waals surface area contributed by atoms with Gasteiger partial charge in [-0.3, -0.25) is 0 Å². The second-order valence-corrected chi connectivity index (χ2v) is 3.26. The fourth-order valence-corrected chi connectivity index (χ4v) is 0.913. The minimum absolute atomic E-state index is 0.0833. The minimum Gasteiger partial charge on any atom is -0.478 e. The molecule has 94 valence electrons.